The average Bonchev–Trinajstić information content (AvgIpc) is 2.99. The number of fused-ring (bicyclic) bond motifs is 1. The maximum Gasteiger partial charge on any atom is 0.340 e. The molecule has 0 aliphatic carbocycles. The number of ether oxygens (including phenoxy) is 3. The van der Waals surface area contributed by atoms with Crippen molar-refractivity contribution in [1.29, 1.82) is 0 Å². The fourth-order valence-electron chi connectivity index (χ4n) is 3.21. The van der Waals surface area contributed by atoms with Gasteiger partial charge in [-0.3, -0.25) is 14.5 Å². The fourth-order valence-corrected chi connectivity index (χ4v) is 3.40. The number of carbonyl (C=O) groups excluding carboxylic acids is 3. The SMILES string of the molecule is O=C(Cc1ccccc1)OC/C=C1\O[C@@H]2CC(=O)N2[C@H]1OC(=O)c1cccc(Cl)c1. The van der Waals surface area contributed by atoms with E-state index in [2.05, 4.69) is 0 Å². The van der Waals surface area contributed by atoms with Crippen LogP contribution < -0.4 is 0 Å². The molecule has 154 valence electrons. The maximum atomic E-state index is 12.5. The molecule has 8 heteroatoms. The van der Waals surface area contributed by atoms with Gasteiger partial charge in [-0.2, -0.15) is 0 Å². The second-order valence-electron chi connectivity index (χ2n) is 6.80. The van der Waals surface area contributed by atoms with E-state index in [9.17, 15) is 14.4 Å². The summed E-state index contributed by atoms with van der Waals surface area (Å²) in [6.45, 7) is -0.0685. The molecule has 0 N–H and O–H groups in total. The van der Waals surface area contributed by atoms with Gasteiger partial charge in [0.2, 0.25) is 12.1 Å². The molecule has 0 saturated carbocycles. The minimum Gasteiger partial charge on any atom is -0.468 e. The summed E-state index contributed by atoms with van der Waals surface area (Å²) in [5.74, 6) is -0.969. The largest absolute Gasteiger partial charge is 0.468 e. The summed E-state index contributed by atoms with van der Waals surface area (Å²) < 4.78 is 16.4. The number of hydrogen-bond acceptors (Lipinski definition) is 6. The van der Waals surface area contributed by atoms with E-state index in [0.717, 1.165) is 5.56 Å². The van der Waals surface area contributed by atoms with Crippen LogP contribution in [0, 0.1) is 0 Å². The number of amides is 1. The Kier molecular flexibility index (Phi) is 5.72. The van der Waals surface area contributed by atoms with Crippen molar-refractivity contribution in [2.24, 2.45) is 0 Å². The molecular formula is C22H18ClNO6. The van der Waals surface area contributed by atoms with Crippen molar-refractivity contribution >= 4 is 29.4 Å². The number of hydrogen-bond donors (Lipinski definition) is 0. The molecule has 2 fully saturated rings. The highest BCUT2D eigenvalue weighted by Gasteiger charge is 2.52. The summed E-state index contributed by atoms with van der Waals surface area (Å²) in [6, 6.07) is 15.5. The molecule has 0 spiro atoms. The Morgan fingerprint density at radius 1 is 1.17 bits per heavy atom. The average molecular weight is 428 g/mol. The third-order valence-corrected chi connectivity index (χ3v) is 4.95. The number of benzene rings is 2. The summed E-state index contributed by atoms with van der Waals surface area (Å²) in [4.78, 5) is 37.8. The predicted octanol–water partition coefficient (Wildman–Crippen LogP) is 3.08. The number of carbonyl (C=O) groups is 3. The van der Waals surface area contributed by atoms with Crippen LogP contribution in [0.15, 0.2) is 66.4 Å². The van der Waals surface area contributed by atoms with E-state index >= 15 is 0 Å². The van der Waals surface area contributed by atoms with Gasteiger partial charge in [-0.15, -0.1) is 0 Å². The Morgan fingerprint density at radius 2 is 1.97 bits per heavy atom. The van der Waals surface area contributed by atoms with Gasteiger partial charge < -0.3 is 14.2 Å². The van der Waals surface area contributed by atoms with Gasteiger partial charge in [0.05, 0.1) is 18.4 Å². The molecule has 2 aliphatic rings. The van der Waals surface area contributed by atoms with Crippen LogP contribution in [0.4, 0.5) is 0 Å². The van der Waals surface area contributed by atoms with Crippen molar-refractivity contribution in [2.45, 2.75) is 25.3 Å². The van der Waals surface area contributed by atoms with Gasteiger partial charge >= 0.3 is 11.9 Å². The van der Waals surface area contributed by atoms with Crippen LogP contribution in [0.1, 0.15) is 22.3 Å². The molecule has 0 bridgehead atoms. The number of halogens is 1. The van der Waals surface area contributed by atoms with Crippen molar-refractivity contribution in [3.8, 4) is 0 Å². The summed E-state index contributed by atoms with van der Waals surface area (Å²) >= 11 is 5.92. The Morgan fingerprint density at radius 3 is 2.70 bits per heavy atom. The van der Waals surface area contributed by atoms with E-state index < -0.39 is 24.4 Å². The zero-order valence-corrected chi connectivity index (χ0v) is 16.6. The normalized spacial score (nSPS) is 20.9. The first-order chi connectivity index (χ1) is 14.5. The smallest absolute Gasteiger partial charge is 0.340 e. The van der Waals surface area contributed by atoms with Crippen molar-refractivity contribution < 1.29 is 28.6 Å². The highest BCUT2D eigenvalue weighted by atomic mass is 35.5. The molecule has 0 radical (unpaired) electrons. The lowest BCUT2D eigenvalue weighted by molar-refractivity contribution is -0.164. The molecule has 2 heterocycles. The molecule has 1 amide bonds. The molecule has 2 atom stereocenters. The van der Waals surface area contributed by atoms with E-state index in [1.165, 1.54) is 17.0 Å². The molecule has 2 aromatic rings. The van der Waals surface area contributed by atoms with Gasteiger partial charge in [0.15, 0.2) is 12.0 Å². The summed E-state index contributed by atoms with van der Waals surface area (Å²) in [5, 5.41) is 0.395. The van der Waals surface area contributed by atoms with Crippen molar-refractivity contribution in [1.82, 2.24) is 4.90 Å². The van der Waals surface area contributed by atoms with E-state index in [0.29, 0.717) is 5.02 Å². The Labute approximate surface area is 177 Å². The zero-order valence-electron chi connectivity index (χ0n) is 15.8. The molecule has 0 unspecified atom stereocenters. The zero-order chi connectivity index (χ0) is 21.1. The number of nitrogens with zero attached hydrogens (tertiary/aromatic N) is 1. The van der Waals surface area contributed by atoms with Crippen LogP contribution >= 0.6 is 11.6 Å². The van der Waals surface area contributed by atoms with Crippen LogP contribution in [0.25, 0.3) is 0 Å². The quantitative estimate of drug-likeness (QED) is 0.520. The van der Waals surface area contributed by atoms with Crippen molar-refractivity contribution in [2.75, 3.05) is 6.61 Å². The Balaban J connectivity index is 1.40. The van der Waals surface area contributed by atoms with Gasteiger partial charge in [-0.25, -0.2) is 4.79 Å². The topological polar surface area (TPSA) is 82.1 Å². The van der Waals surface area contributed by atoms with Gasteiger partial charge in [0, 0.05) is 5.02 Å². The summed E-state index contributed by atoms with van der Waals surface area (Å²) in [7, 11) is 0. The molecule has 2 aromatic carbocycles. The van der Waals surface area contributed by atoms with Crippen molar-refractivity contribution in [3.05, 3.63) is 82.6 Å². The lowest BCUT2D eigenvalue weighted by Crippen LogP contribution is -2.53. The maximum absolute atomic E-state index is 12.5. The van der Waals surface area contributed by atoms with E-state index in [1.54, 1.807) is 18.2 Å². The fraction of sp³-hybridized carbons (Fsp3) is 0.227. The highest BCUT2D eigenvalue weighted by molar-refractivity contribution is 6.30. The third kappa shape index (κ3) is 4.31. The van der Waals surface area contributed by atoms with E-state index in [1.807, 2.05) is 30.3 Å². The molecule has 30 heavy (non-hydrogen) atoms. The van der Waals surface area contributed by atoms with Gasteiger partial charge in [-0.05, 0) is 29.8 Å². The molecule has 7 nitrogen and oxygen atoms in total. The summed E-state index contributed by atoms with van der Waals surface area (Å²) in [6.07, 6.45) is 0.364. The first kappa shape index (κ1) is 20.0. The minimum atomic E-state index is -1.00. The van der Waals surface area contributed by atoms with Crippen LogP contribution in [0.2, 0.25) is 5.02 Å². The van der Waals surface area contributed by atoms with Crippen LogP contribution in [-0.2, 0) is 30.2 Å². The van der Waals surface area contributed by atoms with Crippen molar-refractivity contribution in [3.63, 3.8) is 0 Å². The molecule has 2 saturated heterocycles. The minimum absolute atomic E-state index is 0.0685. The molecule has 4 rings (SSSR count). The lowest BCUT2D eigenvalue weighted by atomic mass is 10.1. The van der Waals surface area contributed by atoms with Crippen LogP contribution in [0.5, 0.6) is 0 Å². The number of β-lactam (4-membered cyclic amide) rings is 1. The lowest BCUT2D eigenvalue weighted by Gasteiger charge is -2.33. The van der Waals surface area contributed by atoms with Crippen LogP contribution in [0.3, 0.4) is 0 Å². The first-order valence-corrected chi connectivity index (χ1v) is 9.73. The third-order valence-electron chi connectivity index (χ3n) is 4.71. The second-order valence-corrected chi connectivity index (χ2v) is 7.23. The monoisotopic (exact) mass is 427 g/mol. The standard InChI is InChI=1S/C22H18ClNO6/c23-16-8-4-7-15(12-16)22(27)30-21-17(29-19-13-18(25)24(19)21)9-10-28-20(26)11-14-5-2-1-3-6-14/h1-9,12,19,21H,10-11,13H2/b17-9-/t19-,21+/m1/s1. The van der Waals surface area contributed by atoms with Gasteiger partial charge in [0.1, 0.15) is 6.61 Å². The van der Waals surface area contributed by atoms with Crippen LogP contribution in [-0.4, -0.2) is 41.8 Å². The molecule has 0 aromatic heterocycles. The highest BCUT2D eigenvalue weighted by Crippen LogP contribution is 2.37. The second kappa shape index (κ2) is 8.59. The van der Waals surface area contributed by atoms with Gasteiger partial charge in [0.25, 0.3) is 0 Å². The van der Waals surface area contributed by atoms with E-state index in [4.69, 9.17) is 25.8 Å². The predicted molar refractivity (Wildman–Crippen MR) is 106 cm³/mol. The summed E-state index contributed by atoms with van der Waals surface area (Å²) in [5.41, 5.74) is 1.10. The molecular weight excluding hydrogens is 410 g/mol. The number of rotatable bonds is 6. The molecule has 2 aliphatic heterocycles. The van der Waals surface area contributed by atoms with Gasteiger partial charge in [-0.1, -0.05) is 48.0 Å². The Hall–Kier alpha value is -3.32. The Bertz CT molecular complexity index is 1010. The first-order valence-electron chi connectivity index (χ1n) is 9.35. The number of esters is 2. The van der Waals surface area contributed by atoms with E-state index in [-0.39, 0.29) is 36.7 Å².